The fraction of sp³-hybridized carbons (Fsp3) is 0.231. The van der Waals surface area contributed by atoms with Crippen LogP contribution in [0.25, 0.3) is 10.9 Å². The Balaban J connectivity index is 2.37. The molecule has 1 fully saturated rings. The van der Waals surface area contributed by atoms with Crippen molar-refractivity contribution in [1.82, 2.24) is 4.98 Å². The van der Waals surface area contributed by atoms with E-state index in [2.05, 4.69) is 27.0 Å². The number of hydrogen-bond acceptors (Lipinski definition) is 2. The Hall–Kier alpha value is -1.11. The predicted octanol–water partition coefficient (Wildman–Crippen LogP) is 4.40. The molecule has 1 saturated carbocycles. The summed E-state index contributed by atoms with van der Waals surface area (Å²) in [5.74, 6) is 0.426. The lowest BCUT2D eigenvalue weighted by Gasteiger charge is -2.07. The topological polar surface area (TPSA) is 36.7 Å². The highest BCUT2D eigenvalue weighted by molar-refractivity contribution is 9.10. The molecule has 1 heterocycles. The highest BCUT2D eigenvalue weighted by Crippen LogP contribution is 2.43. The van der Waals surface area contributed by atoms with Crippen LogP contribution in [0, 0.1) is 11.3 Å². The third-order valence-corrected chi connectivity index (χ3v) is 3.87. The van der Waals surface area contributed by atoms with E-state index in [9.17, 15) is 5.26 Å². The summed E-state index contributed by atoms with van der Waals surface area (Å²) in [4.78, 5) is 4.58. The van der Waals surface area contributed by atoms with E-state index in [1.54, 1.807) is 0 Å². The predicted molar refractivity (Wildman–Crippen MR) is 71.1 cm³/mol. The highest BCUT2D eigenvalue weighted by atomic mass is 79.9. The minimum absolute atomic E-state index is 0.426. The lowest BCUT2D eigenvalue weighted by atomic mass is 10.1. The fourth-order valence-electron chi connectivity index (χ4n) is 1.97. The van der Waals surface area contributed by atoms with Gasteiger partial charge in [-0.1, -0.05) is 27.5 Å². The number of nitrogens with zero attached hydrogens (tertiary/aromatic N) is 2. The van der Waals surface area contributed by atoms with E-state index >= 15 is 0 Å². The summed E-state index contributed by atoms with van der Waals surface area (Å²) in [7, 11) is 0. The molecule has 0 bridgehead atoms. The third kappa shape index (κ3) is 1.82. The molecule has 4 heteroatoms. The van der Waals surface area contributed by atoms with Gasteiger partial charge >= 0.3 is 0 Å². The molecule has 0 unspecified atom stereocenters. The first-order valence-electron chi connectivity index (χ1n) is 5.39. The molecule has 0 saturated heterocycles. The first-order chi connectivity index (χ1) is 8.20. The molecule has 0 spiro atoms. The van der Waals surface area contributed by atoms with Gasteiger partial charge < -0.3 is 0 Å². The van der Waals surface area contributed by atoms with Crippen molar-refractivity contribution in [2.45, 2.75) is 18.8 Å². The quantitative estimate of drug-likeness (QED) is 0.783. The van der Waals surface area contributed by atoms with Gasteiger partial charge in [-0.25, -0.2) is 0 Å². The number of benzene rings is 1. The normalized spacial score (nSPS) is 14.9. The molecule has 0 atom stereocenters. The van der Waals surface area contributed by atoms with Gasteiger partial charge in [-0.3, -0.25) is 4.98 Å². The molecule has 0 N–H and O–H groups in total. The van der Waals surface area contributed by atoms with Crippen molar-refractivity contribution >= 4 is 38.4 Å². The van der Waals surface area contributed by atoms with E-state index in [4.69, 9.17) is 11.6 Å². The maximum absolute atomic E-state index is 9.22. The Kier molecular flexibility index (Phi) is 2.57. The Morgan fingerprint density at radius 3 is 2.82 bits per heavy atom. The van der Waals surface area contributed by atoms with Gasteiger partial charge in [0.25, 0.3) is 0 Å². The minimum atomic E-state index is 0.426. The first-order valence-corrected chi connectivity index (χ1v) is 6.56. The van der Waals surface area contributed by atoms with Crippen molar-refractivity contribution < 1.29 is 0 Å². The van der Waals surface area contributed by atoms with Gasteiger partial charge in [-0.15, -0.1) is 0 Å². The van der Waals surface area contributed by atoms with Crippen LogP contribution in [0.15, 0.2) is 22.7 Å². The van der Waals surface area contributed by atoms with Crippen molar-refractivity contribution in [2.24, 2.45) is 0 Å². The number of pyridine rings is 1. The maximum Gasteiger partial charge on any atom is 0.103 e. The second-order valence-corrected chi connectivity index (χ2v) is 5.53. The molecule has 3 rings (SSSR count). The zero-order valence-corrected chi connectivity index (χ0v) is 11.2. The molecule has 0 amide bonds. The molecule has 2 nitrogen and oxygen atoms in total. The van der Waals surface area contributed by atoms with E-state index in [0.29, 0.717) is 16.5 Å². The molecular formula is C13H8BrClN2. The summed E-state index contributed by atoms with van der Waals surface area (Å²) in [5.41, 5.74) is 2.27. The molecule has 0 radical (unpaired) electrons. The van der Waals surface area contributed by atoms with E-state index in [1.807, 2.05) is 18.2 Å². The van der Waals surface area contributed by atoms with Crippen molar-refractivity contribution in [3.8, 4) is 6.07 Å². The van der Waals surface area contributed by atoms with Gasteiger partial charge in [0, 0.05) is 15.8 Å². The number of fused-ring (bicyclic) bond motifs is 1. The van der Waals surface area contributed by atoms with Crippen LogP contribution in [-0.4, -0.2) is 4.98 Å². The molecule has 84 valence electrons. The Bertz CT molecular complexity index is 656. The molecule has 1 aromatic heterocycles. The van der Waals surface area contributed by atoms with Crippen LogP contribution in [0.2, 0.25) is 5.02 Å². The van der Waals surface area contributed by atoms with Gasteiger partial charge in [0.2, 0.25) is 0 Å². The number of aromatic nitrogens is 1. The molecule has 2 aromatic rings. The van der Waals surface area contributed by atoms with Crippen LogP contribution >= 0.6 is 27.5 Å². The lowest BCUT2D eigenvalue weighted by molar-refractivity contribution is 1.03. The van der Waals surface area contributed by atoms with Crippen LogP contribution < -0.4 is 0 Å². The number of rotatable bonds is 1. The number of halogens is 2. The van der Waals surface area contributed by atoms with Crippen molar-refractivity contribution in [2.75, 3.05) is 0 Å². The largest absolute Gasteiger partial charge is 0.251 e. The highest BCUT2D eigenvalue weighted by Gasteiger charge is 2.29. The molecular weight excluding hydrogens is 300 g/mol. The van der Waals surface area contributed by atoms with E-state index < -0.39 is 0 Å². The Morgan fingerprint density at radius 1 is 1.41 bits per heavy atom. The van der Waals surface area contributed by atoms with Gasteiger partial charge in [0.05, 0.1) is 21.8 Å². The first kappa shape index (κ1) is 11.0. The smallest absolute Gasteiger partial charge is 0.103 e. The summed E-state index contributed by atoms with van der Waals surface area (Å²) < 4.78 is 0.941. The fourth-order valence-corrected chi connectivity index (χ4v) is 2.62. The van der Waals surface area contributed by atoms with Crippen molar-refractivity contribution in [3.05, 3.63) is 39.0 Å². The van der Waals surface area contributed by atoms with E-state index in [1.165, 1.54) is 0 Å². The van der Waals surface area contributed by atoms with Crippen molar-refractivity contribution in [3.63, 3.8) is 0 Å². The second-order valence-electron chi connectivity index (χ2n) is 4.23. The maximum atomic E-state index is 9.22. The zero-order valence-electron chi connectivity index (χ0n) is 8.87. The summed E-state index contributed by atoms with van der Waals surface area (Å²) in [6.07, 6.45) is 2.22. The van der Waals surface area contributed by atoms with Crippen LogP contribution in [0.4, 0.5) is 0 Å². The van der Waals surface area contributed by atoms with Crippen molar-refractivity contribution in [1.29, 1.82) is 5.26 Å². The molecule has 0 aliphatic heterocycles. The van der Waals surface area contributed by atoms with Gasteiger partial charge in [0.1, 0.15) is 6.07 Å². The van der Waals surface area contributed by atoms with Crippen LogP contribution in [-0.2, 0) is 0 Å². The van der Waals surface area contributed by atoms with Crippen LogP contribution in [0.5, 0.6) is 0 Å². The SMILES string of the molecule is N#Cc1c(C2CC2)nc2ccc(Br)cc2c1Cl. The average Bonchev–Trinajstić information content (AvgIpc) is 3.14. The number of hydrogen-bond donors (Lipinski definition) is 0. The summed E-state index contributed by atoms with van der Waals surface area (Å²) in [5, 5.41) is 10.6. The van der Waals surface area contributed by atoms with Gasteiger partial charge in [0.15, 0.2) is 0 Å². The molecule has 17 heavy (non-hydrogen) atoms. The summed E-state index contributed by atoms with van der Waals surface area (Å²) in [6, 6.07) is 7.96. The standard InChI is InChI=1S/C13H8BrClN2/c14-8-3-4-11-9(5-8)12(15)10(6-16)13(17-11)7-1-2-7/h3-5,7H,1-2H2. The molecule has 1 aromatic carbocycles. The summed E-state index contributed by atoms with van der Waals surface area (Å²) in [6.45, 7) is 0. The number of nitriles is 1. The third-order valence-electron chi connectivity index (χ3n) is 2.99. The van der Waals surface area contributed by atoms with E-state index in [-0.39, 0.29) is 0 Å². The summed E-state index contributed by atoms with van der Waals surface area (Å²) >= 11 is 9.71. The molecule has 1 aliphatic carbocycles. The molecule has 1 aliphatic rings. The Morgan fingerprint density at radius 2 is 2.18 bits per heavy atom. The van der Waals surface area contributed by atoms with Crippen LogP contribution in [0.1, 0.15) is 30.0 Å². The average molecular weight is 308 g/mol. The van der Waals surface area contributed by atoms with Gasteiger partial charge in [-0.05, 0) is 31.0 Å². The minimum Gasteiger partial charge on any atom is -0.251 e. The monoisotopic (exact) mass is 306 g/mol. The zero-order chi connectivity index (χ0) is 12.0. The second kappa shape index (κ2) is 3.97. The van der Waals surface area contributed by atoms with E-state index in [0.717, 1.165) is 33.9 Å². The van der Waals surface area contributed by atoms with Gasteiger partial charge in [-0.2, -0.15) is 5.26 Å². The lowest BCUT2D eigenvalue weighted by Crippen LogP contribution is -1.95. The van der Waals surface area contributed by atoms with Crippen LogP contribution in [0.3, 0.4) is 0 Å². The Labute approximate surface area is 112 Å².